The molecule has 2 amide bonds. The molecule has 0 aromatic heterocycles. The summed E-state index contributed by atoms with van der Waals surface area (Å²) in [6.07, 6.45) is 0.938. The molecule has 1 aromatic carbocycles. The van der Waals surface area contributed by atoms with E-state index in [-0.39, 0.29) is 6.54 Å². The van der Waals surface area contributed by atoms with Crippen LogP contribution in [-0.2, 0) is 9.59 Å². The van der Waals surface area contributed by atoms with Crippen LogP contribution in [0.25, 0.3) is 0 Å². The summed E-state index contributed by atoms with van der Waals surface area (Å²) < 4.78 is 0. The Morgan fingerprint density at radius 1 is 1.47 bits per heavy atom. The van der Waals surface area contributed by atoms with Crippen molar-refractivity contribution < 1.29 is 19.5 Å². The van der Waals surface area contributed by atoms with Crippen LogP contribution in [0.2, 0.25) is 0 Å². The summed E-state index contributed by atoms with van der Waals surface area (Å²) in [6.45, 7) is 0.0827. The molecule has 1 fully saturated rings. The molecule has 7 heteroatoms. The van der Waals surface area contributed by atoms with Crippen molar-refractivity contribution >= 4 is 23.6 Å². The number of hydrogen-bond acceptors (Lipinski definition) is 5. The second-order valence-corrected chi connectivity index (χ2v) is 4.91. The van der Waals surface area contributed by atoms with Crippen LogP contribution < -0.4 is 15.6 Å². The van der Waals surface area contributed by atoms with Crippen molar-refractivity contribution in [3.05, 3.63) is 24.3 Å². The van der Waals surface area contributed by atoms with Crippen molar-refractivity contribution in [2.24, 2.45) is 5.92 Å². The lowest BCUT2D eigenvalue weighted by Crippen LogP contribution is -2.40. The lowest BCUT2D eigenvalue weighted by atomic mass is 10.1. The molecule has 0 bridgehead atoms. The van der Waals surface area contributed by atoms with E-state index in [1.165, 1.54) is 0 Å². The van der Waals surface area contributed by atoms with E-state index >= 15 is 0 Å². The van der Waals surface area contributed by atoms with Gasteiger partial charge in [-0.3, -0.25) is 9.59 Å². The predicted molar refractivity (Wildman–Crippen MR) is 69.5 cm³/mol. The number of nitrogens with one attached hydrogen (secondary N) is 2. The Bertz CT molecular complexity index is 477. The molecule has 1 heterocycles. The number of hydroxylamine groups is 1. The molecule has 0 radical (unpaired) electrons. The minimum absolute atomic E-state index is 0.0827. The van der Waals surface area contributed by atoms with Gasteiger partial charge in [-0.1, -0.05) is 0 Å². The zero-order valence-electron chi connectivity index (χ0n) is 10.3. The summed E-state index contributed by atoms with van der Waals surface area (Å²) in [5.74, 6) is -1.81. The van der Waals surface area contributed by atoms with E-state index in [9.17, 15) is 14.7 Å². The summed E-state index contributed by atoms with van der Waals surface area (Å²) in [5, 5.41) is 11.9. The first-order valence-corrected chi connectivity index (χ1v) is 6.91. The highest BCUT2D eigenvalue weighted by Crippen LogP contribution is 2.18. The maximum atomic E-state index is 11.7. The monoisotopic (exact) mass is 282 g/mol. The Hall–Kier alpha value is -1.73. The molecule has 0 spiro atoms. The highest BCUT2D eigenvalue weighted by molar-refractivity contribution is 7.98. The van der Waals surface area contributed by atoms with Crippen molar-refractivity contribution in [2.45, 2.75) is 11.0 Å². The fourth-order valence-corrected chi connectivity index (χ4v) is 2.13. The molecule has 0 saturated carbocycles. The van der Waals surface area contributed by atoms with Gasteiger partial charge in [-0.2, -0.15) is 5.48 Å². The van der Waals surface area contributed by atoms with Crippen molar-refractivity contribution in [2.75, 3.05) is 12.8 Å². The average molecular weight is 282 g/mol. The van der Waals surface area contributed by atoms with Gasteiger partial charge in [0.15, 0.2) is 5.75 Å². The zero-order chi connectivity index (χ0) is 13.8. The fraction of sp³-hybridized carbons (Fsp3) is 0.333. The van der Waals surface area contributed by atoms with Crippen LogP contribution in [0.3, 0.4) is 0 Å². The summed E-state index contributed by atoms with van der Waals surface area (Å²) in [4.78, 5) is 29.2. The van der Waals surface area contributed by atoms with Crippen LogP contribution in [0.15, 0.2) is 29.2 Å². The number of carbonyl (C=O) groups excluding carboxylic acids is 2. The molecule has 1 aliphatic heterocycles. The van der Waals surface area contributed by atoms with Gasteiger partial charge < -0.3 is 15.3 Å². The van der Waals surface area contributed by atoms with E-state index in [0.717, 1.165) is 4.90 Å². The highest BCUT2D eigenvalue weighted by Gasteiger charge is 2.39. The maximum Gasteiger partial charge on any atom is 0.267 e. The van der Waals surface area contributed by atoms with Gasteiger partial charge in [0.05, 0.1) is 6.10 Å². The second kappa shape index (κ2) is 5.94. The molecule has 1 aromatic rings. The molecule has 1 saturated heterocycles. The normalized spacial score (nSPS) is 21.9. The van der Waals surface area contributed by atoms with Crippen molar-refractivity contribution in [1.29, 1.82) is 0 Å². The van der Waals surface area contributed by atoms with Crippen molar-refractivity contribution in [3.8, 4) is 5.75 Å². The number of benzene rings is 1. The van der Waals surface area contributed by atoms with Gasteiger partial charge in [0.25, 0.3) is 5.91 Å². The Balaban J connectivity index is 1.90. The first kappa shape index (κ1) is 13.7. The number of carbonyl (C=O) groups is 2. The minimum Gasteiger partial charge on any atom is -0.390 e. The molecule has 2 atom stereocenters. The Kier molecular flexibility index (Phi) is 4.28. The van der Waals surface area contributed by atoms with Crippen LogP contribution in [0.4, 0.5) is 0 Å². The Morgan fingerprint density at radius 3 is 2.68 bits per heavy atom. The highest BCUT2D eigenvalue weighted by atomic mass is 32.2. The molecule has 1 aliphatic rings. The van der Waals surface area contributed by atoms with Crippen molar-refractivity contribution in [1.82, 2.24) is 10.8 Å². The molecular weight excluding hydrogens is 268 g/mol. The third-order valence-corrected chi connectivity index (χ3v) is 3.51. The molecule has 0 aliphatic carbocycles. The summed E-state index contributed by atoms with van der Waals surface area (Å²) in [7, 11) is 0. The minimum atomic E-state index is -1.12. The van der Waals surface area contributed by atoms with Gasteiger partial charge >= 0.3 is 0 Å². The van der Waals surface area contributed by atoms with Gasteiger partial charge in [0.2, 0.25) is 5.91 Å². The quantitative estimate of drug-likeness (QED) is 0.409. The van der Waals surface area contributed by atoms with Gasteiger partial charge in [-0.15, -0.1) is 11.8 Å². The van der Waals surface area contributed by atoms with Crippen LogP contribution >= 0.6 is 11.8 Å². The first-order valence-electron chi connectivity index (χ1n) is 5.68. The molecule has 19 heavy (non-hydrogen) atoms. The fourth-order valence-electron chi connectivity index (χ4n) is 1.72. The Labute approximate surface area is 114 Å². The zero-order valence-corrected chi connectivity index (χ0v) is 11.1. The van der Waals surface area contributed by atoms with E-state index in [1.54, 1.807) is 23.9 Å². The summed E-state index contributed by atoms with van der Waals surface area (Å²) in [6, 6.07) is 7.11. The SMILES string of the molecule is CSc1ccc(ONC(=O)C2C(=O)NCC2O)cc1. The number of rotatable bonds is 4. The summed E-state index contributed by atoms with van der Waals surface area (Å²) in [5.41, 5.74) is 2.17. The third kappa shape index (κ3) is 3.18. The number of aliphatic hydroxyl groups is 1. The maximum absolute atomic E-state index is 11.7. The lowest BCUT2D eigenvalue weighted by Gasteiger charge is -2.12. The number of aliphatic hydroxyl groups excluding tert-OH is 1. The summed E-state index contributed by atoms with van der Waals surface area (Å²) >= 11 is 1.59. The second-order valence-electron chi connectivity index (χ2n) is 4.03. The van der Waals surface area contributed by atoms with E-state index in [0.29, 0.717) is 5.75 Å². The number of thioether (sulfide) groups is 1. The topological polar surface area (TPSA) is 87.7 Å². The molecule has 2 rings (SSSR count). The molecule has 6 nitrogen and oxygen atoms in total. The van der Waals surface area contributed by atoms with Crippen molar-refractivity contribution in [3.63, 3.8) is 0 Å². The van der Waals surface area contributed by atoms with Gasteiger partial charge in [0, 0.05) is 11.4 Å². The predicted octanol–water partition coefficient (Wildman–Crippen LogP) is -0.0746. The first-order chi connectivity index (χ1) is 9.11. The Morgan fingerprint density at radius 2 is 2.16 bits per heavy atom. The average Bonchev–Trinajstić information content (AvgIpc) is 2.76. The standard InChI is InChI=1S/C12H14N2O4S/c1-19-8-4-2-7(3-5-8)18-14-12(17)10-9(15)6-13-11(10)16/h2-5,9-10,15H,6H2,1H3,(H,13,16)(H,14,17). The smallest absolute Gasteiger partial charge is 0.267 e. The van der Waals surface area contributed by atoms with E-state index in [1.807, 2.05) is 18.4 Å². The number of hydrogen-bond donors (Lipinski definition) is 3. The third-order valence-electron chi connectivity index (χ3n) is 2.76. The van der Waals surface area contributed by atoms with E-state index in [4.69, 9.17) is 4.84 Å². The molecular formula is C12H14N2O4S. The van der Waals surface area contributed by atoms with Gasteiger partial charge in [0.1, 0.15) is 5.92 Å². The van der Waals surface area contributed by atoms with E-state index in [2.05, 4.69) is 10.8 Å². The van der Waals surface area contributed by atoms with Gasteiger partial charge in [-0.05, 0) is 30.5 Å². The van der Waals surface area contributed by atoms with Crippen LogP contribution in [0.5, 0.6) is 5.75 Å². The largest absolute Gasteiger partial charge is 0.390 e. The van der Waals surface area contributed by atoms with Crippen LogP contribution in [0.1, 0.15) is 0 Å². The number of β-amino-alcohol motifs (C(OH)–C–C–N with tert-alkyl or cyclic N) is 1. The van der Waals surface area contributed by atoms with E-state index < -0.39 is 23.8 Å². The molecule has 3 N–H and O–H groups in total. The van der Waals surface area contributed by atoms with Gasteiger partial charge in [-0.25, -0.2) is 0 Å². The van der Waals surface area contributed by atoms with Crippen LogP contribution in [-0.4, -0.2) is 35.8 Å². The number of amides is 2. The molecule has 102 valence electrons. The lowest BCUT2D eigenvalue weighted by molar-refractivity contribution is -0.140. The molecule has 2 unspecified atom stereocenters. The van der Waals surface area contributed by atoms with Crippen LogP contribution in [0, 0.1) is 5.92 Å².